The number of nitrogens with one attached hydrogen (secondary N) is 1. The first-order valence-electron chi connectivity index (χ1n) is 11.6. The standard InChI is InChI=1S/C22H27N5O9S3/c1-22(2,3)20(31)36-9-35-19(30)15-12(39-10-4-33-8-34-5-10)7-37-18-14(17(29)27(15)18)25-16(28)13(26-32)11-6-38-21(23)24-11/h6,10,14,18,32H,4-5,7-9H2,1-3H3,(H2,23,24)(H,25,28)/b26-13-. The van der Waals surface area contributed by atoms with Gasteiger partial charge < -0.3 is 35.2 Å². The highest BCUT2D eigenvalue weighted by atomic mass is 32.2. The summed E-state index contributed by atoms with van der Waals surface area (Å²) in [6.07, 6.45) is 0. The highest BCUT2D eigenvalue weighted by Gasteiger charge is 2.55. The Bertz CT molecular complexity index is 1210. The topological polar surface area (TPSA) is 192 Å². The van der Waals surface area contributed by atoms with Crippen molar-refractivity contribution < 1.29 is 43.3 Å². The lowest BCUT2D eigenvalue weighted by molar-refractivity contribution is -0.173. The lowest BCUT2D eigenvalue weighted by Crippen LogP contribution is -2.71. The number of thiazole rings is 1. The molecule has 2 fully saturated rings. The number of carbonyl (C=O) groups is 4. The Kier molecular flexibility index (Phi) is 9.05. The molecule has 4 heterocycles. The van der Waals surface area contributed by atoms with E-state index in [0.29, 0.717) is 23.9 Å². The normalized spacial score (nSPS) is 22.2. The van der Waals surface area contributed by atoms with Gasteiger partial charge in [0, 0.05) is 16.0 Å². The molecule has 0 bridgehead atoms. The van der Waals surface area contributed by atoms with Crippen LogP contribution in [0, 0.1) is 5.41 Å². The second kappa shape index (κ2) is 12.1. The fraction of sp³-hybridized carbons (Fsp3) is 0.545. The smallest absolute Gasteiger partial charge is 0.358 e. The molecule has 1 aromatic heterocycles. The van der Waals surface area contributed by atoms with Gasteiger partial charge in [-0.15, -0.1) is 34.9 Å². The number of β-lactam (4-membered cyclic amide) rings is 1. The van der Waals surface area contributed by atoms with Crippen LogP contribution < -0.4 is 11.1 Å². The molecule has 0 spiro atoms. The molecule has 14 nitrogen and oxygen atoms in total. The number of hydrogen-bond acceptors (Lipinski definition) is 15. The molecule has 0 aromatic carbocycles. The van der Waals surface area contributed by atoms with Crippen LogP contribution in [0.2, 0.25) is 0 Å². The molecule has 0 radical (unpaired) electrons. The number of ether oxygens (including phenoxy) is 4. The van der Waals surface area contributed by atoms with E-state index in [0.717, 1.165) is 11.3 Å². The van der Waals surface area contributed by atoms with E-state index in [2.05, 4.69) is 15.5 Å². The minimum atomic E-state index is -1.01. The summed E-state index contributed by atoms with van der Waals surface area (Å²) in [6, 6.07) is -1.01. The van der Waals surface area contributed by atoms with E-state index in [-0.39, 0.29) is 28.6 Å². The highest BCUT2D eigenvalue weighted by Crippen LogP contribution is 2.45. The quantitative estimate of drug-likeness (QED) is 0.0943. The monoisotopic (exact) mass is 601 g/mol. The number of thioether (sulfide) groups is 2. The Morgan fingerprint density at radius 2 is 2.03 bits per heavy atom. The van der Waals surface area contributed by atoms with Crippen LogP contribution >= 0.6 is 34.9 Å². The third-order valence-corrected chi connectivity index (χ3v) is 8.93. The first-order valence-corrected chi connectivity index (χ1v) is 14.4. The van der Waals surface area contributed by atoms with E-state index in [4.69, 9.17) is 24.7 Å². The number of anilines is 1. The minimum Gasteiger partial charge on any atom is -0.427 e. The Labute approximate surface area is 235 Å². The Balaban J connectivity index is 1.49. The summed E-state index contributed by atoms with van der Waals surface area (Å²) < 4.78 is 20.9. The van der Waals surface area contributed by atoms with E-state index >= 15 is 0 Å². The van der Waals surface area contributed by atoms with Gasteiger partial charge in [-0.3, -0.25) is 19.3 Å². The van der Waals surface area contributed by atoms with Gasteiger partial charge in [0.15, 0.2) is 10.8 Å². The third kappa shape index (κ3) is 6.49. The van der Waals surface area contributed by atoms with E-state index in [1.165, 1.54) is 33.8 Å². The van der Waals surface area contributed by atoms with Crippen molar-refractivity contribution in [1.82, 2.24) is 15.2 Å². The Hall–Kier alpha value is -2.86. The maximum atomic E-state index is 13.2. The highest BCUT2D eigenvalue weighted by molar-refractivity contribution is 8.06. The van der Waals surface area contributed by atoms with Crippen LogP contribution in [0.25, 0.3) is 0 Å². The van der Waals surface area contributed by atoms with Gasteiger partial charge in [-0.05, 0) is 20.8 Å². The Morgan fingerprint density at radius 3 is 2.64 bits per heavy atom. The Morgan fingerprint density at radius 1 is 1.31 bits per heavy atom. The average Bonchev–Trinajstić information content (AvgIpc) is 3.32. The summed E-state index contributed by atoms with van der Waals surface area (Å²) in [5.74, 6) is -2.48. The second-order valence-electron chi connectivity index (χ2n) is 9.48. The van der Waals surface area contributed by atoms with Crippen molar-refractivity contribution in [3.63, 3.8) is 0 Å². The van der Waals surface area contributed by atoms with Gasteiger partial charge in [0.1, 0.15) is 29.6 Å². The first-order chi connectivity index (χ1) is 18.5. The summed E-state index contributed by atoms with van der Waals surface area (Å²) in [5, 5.41) is 15.8. The fourth-order valence-corrected chi connectivity index (χ4v) is 6.89. The predicted molar refractivity (Wildman–Crippen MR) is 142 cm³/mol. The van der Waals surface area contributed by atoms with Crippen molar-refractivity contribution >= 4 is 69.5 Å². The maximum Gasteiger partial charge on any atom is 0.358 e. The van der Waals surface area contributed by atoms with Crippen molar-refractivity contribution in [2.24, 2.45) is 10.6 Å². The molecule has 1 aromatic rings. The van der Waals surface area contributed by atoms with Crippen molar-refractivity contribution in [3.05, 3.63) is 21.7 Å². The molecule has 4 rings (SSSR count). The summed E-state index contributed by atoms with van der Waals surface area (Å²) in [4.78, 5) is 57.0. The summed E-state index contributed by atoms with van der Waals surface area (Å²) >= 11 is 3.73. The number of nitrogen functional groups attached to an aromatic ring is 1. The van der Waals surface area contributed by atoms with Crippen molar-refractivity contribution in [2.45, 2.75) is 37.4 Å². The zero-order valence-corrected chi connectivity index (χ0v) is 23.7. The molecule has 4 N–H and O–H groups in total. The minimum absolute atomic E-state index is 0.0000429. The zero-order valence-electron chi connectivity index (χ0n) is 21.2. The van der Waals surface area contributed by atoms with Gasteiger partial charge in [-0.25, -0.2) is 9.78 Å². The predicted octanol–water partition coefficient (Wildman–Crippen LogP) is 0.711. The lowest BCUT2D eigenvalue weighted by atomic mass is 9.98. The third-order valence-electron chi connectivity index (χ3n) is 5.57. The molecule has 0 saturated carbocycles. The summed E-state index contributed by atoms with van der Waals surface area (Å²) in [7, 11) is 0. The van der Waals surface area contributed by atoms with Gasteiger partial charge in [-0.2, -0.15) is 0 Å². The molecule has 39 heavy (non-hydrogen) atoms. The number of nitrogens with two attached hydrogens (primary N) is 1. The van der Waals surface area contributed by atoms with Crippen molar-refractivity contribution in [1.29, 1.82) is 0 Å². The molecular weight excluding hydrogens is 574 g/mol. The molecule has 2 saturated heterocycles. The second-order valence-corrected chi connectivity index (χ2v) is 12.9. The van der Waals surface area contributed by atoms with Crippen LogP contribution in [-0.4, -0.2) is 93.8 Å². The average molecular weight is 602 g/mol. The van der Waals surface area contributed by atoms with Gasteiger partial charge in [0.25, 0.3) is 11.8 Å². The van der Waals surface area contributed by atoms with Gasteiger partial charge in [0.2, 0.25) is 6.79 Å². The van der Waals surface area contributed by atoms with E-state index in [1.54, 1.807) is 20.8 Å². The SMILES string of the molecule is CC(C)(C)C(=O)OCOC(=O)C1=C(SC2COCOC2)CSC2C(NC(=O)/C(=N\O)c3csc(N)n3)C(=O)N12. The van der Waals surface area contributed by atoms with Crippen molar-refractivity contribution in [2.75, 3.05) is 38.3 Å². The molecule has 212 valence electrons. The largest absolute Gasteiger partial charge is 0.427 e. The van der Waals surface area contributed by atoms with E-state index in [9.17, 15) is 24.4 Å². The van der Waals surface area contributed by atoms with E-state index < -0.39 is 53.1 Å². The summed E-state index contributed by atoms with van der Waals surface area (Å²) in [6.45, 7) is 5.33. The number of rotatable bonds is 8. The summed E-state index contributed by atoms with van der Waals surface area (Å²) in [5.41, 5.74) is 4.46. The number of fused-ring (bicyclic) bond motifs is 1. The molecular formula is C22H27N5O9S3. The molecule has 2 atom stereocenters. The number of aromatic nitrogens is 1. The van der Waals surface area contributed by atoms with Crippen LogP contribution in [0.4, 0.5) is 5.13 Å². The van der Waals surface area contributed by atoms with Crippen LogP contribution in [0.3, 0.4) is 0 Å². The van der Waals surface area contributed by atoms with Crippen LogP contribution in [-0.2, 0) is 38.1 Å². The zero-order chi connectivity index (χ0) is 28.3. The fourth-order valence-electron chi connectivity index (χ4n) is 3.65. The number of hydrogen-bond donors (Lipinski definition) is 3. The molecule has 2 amide bonds. The van der Waals surface area contributed by atoms with Gasteiger partial charge in [0.05, 0.1) is 23.9 Å². The molecule has 17 heteroatoms. The van der Waals surface area contributed by atoms with Crippen molar-refractivity contribution in [3.8, 4) is 0 Å². The van der Waals surface area contributed by atoms with Crippen LogP contribution in [0.5, 0.6) is 0 Å². The number of nitrogens with zero attached hydrogens (tertiary/aromatic N) is 3. The number of oxime groups is 1. The number of esters is 2. The molecule has 0 aliphatic carbocycles. The first kappa shape index (κ1) is 29.1. The molecule has 2 unspecified atom stereocenters. The van der Waals surface area contributed by atoms with Crippen LogP contribution in [0.1, 0.15) is 26.5 Å². The number of carbonyl (C=O) groups excluding carboxylic acids is 4. The molecule has 3 aliphatic rings. The number of amides is 2. The van der Waals surface area contributed by atoms with E-state index in [1.807, 2.05) is 0 Å². The van der Waals surface area contributed by atoms with Gasteiger partial charge in [-0.1, -0.05) is 5.16 Å². The van der Waals surface area contributed by atoms with Crippen LogP contribution in [0.15, 0.2) is 21.1 Å². The lowest BCUT2D eigenvalue weighted by Gasteiger charge is -2.49. The van der Waals surface area contributed by atoms with Gasteiger partial charge >= 0.3 is 11.9 Å². The maximum absolute atomic E-state index is 13.2. The molecule has 3 aliphatic heterocycles.